The Labute approximate surface area is 133 Å². The molecule has 1 aromatic carbocycles. The fourth-order valence-electron chi connectivity index (χ4n) is 2.40. The second-order valence-corrected chi connectivity index (χ2v) is 4.91. The lowest BCUT2D eigenvalue weighted by molar-refractivity contribution is 0.0527. The maximum absolute atomic E-state index is 14.0. The van der Waals surface area contributed by atoms with Gasteiger partial charge in [0.25, 0.3) is 0 Å². The van der Waals surface area contributed by atoms with Gasteiger partial charge in [-0.25, -0.2) is 9.18 Å². The molecule has 3 aromatic rings. The zero-order valence-electron chi connectivity index (χ0n) is 12.5. The lowest BCUT2D eigenvalue weighted by Crippen LogP contribution is -2.04. The van der Waals surface area contributed by atoms with Gasteiger partial charge in [0.1, 0.15) is 0 Å². The number of esters is 1. The number of H-pyrrole nitrogens is 1. The number of aromatic nitrogens is 2. The van der Waals surface area contributed by atoms with Gasteiger partial charge >= 0.3 is 5.97 Å². The van der Waals surface area contributed by atoms with Gasteiger partial charge in [0.15, 0.2) is 5.82 Å². The number of hydrogen-bond donors (Lipinski definition) is 1. The predicted molar refractivity (Wildman–Crippen MR) is 85.4 cm³/mol. The maximum atomic E-state index is 14.0. The van der Waals surface area contributed by atoms with Gasteiger partial charge in [-0.3, -0.25) is 4.98 Å². The molecular weight excluding hydrogens is 295 g/mol. The van der Waals surface area contributed by atoms with Crippen LogP contribution in [0.2, 0.25) is 0 Å². The highest BCUT2D eigenvalue weighted by molar-refractivity contribution is 5.98. The van der Waals surface area contributed by atoms with Gasteiger partial charge in [0, 0.05) is 17.5 Å². The number of nitrogens with zero attached hydrogens (tertiary/aromatic N) is 1. The van der Waals surface area contributed by atoms with Gasteiger partial charge < -0.3 is 9.72 Å². The normalized spacial score (nSPS) is 10.5. The Morgan fingerprint density at radius 2 is 2.04 bits per heavy atom. The van der Waals surface area contributed by atoms with Gasteiger partial charge in [-0.1, -0.05) is 30.3 Å². The van der Waals surface area contributed by atoms with Crippen LogP contribution in [0.25, 0.3) is 22.5 Å². The number of hydrogen-bond acceptors (Lipinski definition) is 3. The lowest BCUT2D eigenvalue weighted by Gasteiger charge is -2.03. The molecule has 23 heavy (non-hydrogen) atoms. The molecule has 0 bridgehead atoms. The Balaban J connectivity index is 2.14. The summed E-state index contributed by atoms with van der Waals surface area (Å²) in [5, 5.41) is 0. The molecule has 5 heteroatoms. The molecule has 0 atom stereocenters. The van der Waals surface area contributed by atoms with Crippen LogP contribution in [0.15, 0.2) is 54.9 Å². The average molecular weight is 310 g/mol. The van der Waals surface area contributed by atoms with E-state index in [0.717, 1.165) is 11.8 Å². The summed E-state index contributed by atoms with van der Waals surface area (Å²) in [7, 11) is 0. The summed E-state index contributed by atoms with van der Waals surface area (Å²) >= 11 is 0. The molecule has 0 aliphatic heterocycles. The molecule has 4 nitrogen and oxygen atoms in total. The highest BCUT2D eigenvalue weighted by Gasteiger charge is 2.19. The van der Waals surface area contributed by atoms with Crippen molar-refractivity contribution in [2.45, 2.75) is 6.92 Å². The van der Waals surface area contributed by atoms with Crippen molar-refractivity contribution in [2.24, 2.45) is 0 Å². The number of rotatable bonds is 4. The first kappa shape index (κ1) is 15.0. The molecule has 2 heterocycles. The summed E-state index contributed by atoms with van der Waals surface area (Å²) in [6, 6.07) is 12.6. The zero-order valence-corrected chi connectivity index (χ0v) is 12.5. The van der Waals surface area contributed by atoms with Crippen LogP contribution in [0, 0.1) is 5.82 Å². The number of benzene rings is 1. The SMILES string of the molecule is CCOC(=O)c1cc(-c2ccncc2F)[nH]c1-c1ccccc1. The van der Waals surface area contributed by atoms with Crippen LogP contribution in [0.1, 0.15) is 17.3 Å². The van der Waals surface area contributed by atoms with Gasteiger partial charge in [-0.05, 0) is 24.6 Å². The fraction of sp³-hybridized carbons (Fsp3) is 0.111. The smallest absolute Gasteiger partial charge is 0.340 e. The van der Waals surface area contributed by atoms with Crippen LogP contribution in [-0.2, 0) is 4.74 Å². The van der Waals surface area contributed by atoms with Crippen molar-refractivity contribution in [3.8, 4) is 22.5 Å². The molecule has 116 valence electrons. The third kappa shape index (κ3) is 2.99. The lowest BCUT2D eigenvalue weighted by atomic mass is 10.1. The van der Waals surface area contributed by atoms with Crippen LogP contribution in [0.5, 0.6) is 0 Å². The van der Waals surface area contributed by atoms with Crippen LogP contribution < -0.4 is 0 Å². The number of pyridine rings is 1. The molecule has 0 unspecified atom stereocenters. The molecule has 0 spiro atoms. The summed E-state index contributed by atoms with van der Waals surface area (Å²) in [5.41, 5.74) is 2.68. The number of halogens is 1. The van der Waals surface area contributed by atoms with E-state index in [1.807, 2.05) is 30.3 Å². The summed E-state index contributed by atoms with van der Waals surface area (Å²) in [6.07, 6.45) is 2.65. The first-order chi connectivity index (χ1) is 11.2. The minimum Gasteiger partial charge on any atom is -0.462 e. The zero-order chi connectivity index (χ0) is 16.2. The minimum atomic E-state index is -0.455. The first-order valence-electron chi connectivity index (χ1n) is 7.26. The Morgan fingerprint density at radius 3 is 2.74 bits per heavy atom. The maximum Gasteiger partial charge on any atom is 0.340 e. The monoisotopic (exact) mass is 310 g/mol. The van der Waals surface area contributed by atoms with Gasteiger partial charge in [-0.15, -0.1) is 0 Å². The van der Waals surface area contributed by atoms with E-state index in [1.54, 1.807) is 19.1 Å². The van der Waals surface area contributed by atoms with Gasteiger partial charge in [-0.2, -0.15) is 0 Å². The van der Waals surface area contributed by atoms with Crippen molar-refractivity contribution in [1.29, 1.82) is 0 Å². The Hall–Kier alpha value is -2.95. The molecule has 0 radical (unpaired) electrons. The number of nitrogens with one attached hydrogen (secondary N) is 1. The van der Waals surface area contributed by atoms with Gasteiger partial charge in [0.2, 0.25) is 0 Å². The van der Waals surface area contributed by atoms with E-state index in [4.69, 9.17) is 4.74 Å². The minimum absolute atomic E-state index is 0.275. The predicted octanol–water partition coefficient (Wildman–Crippen LogP) is 4.06. The van der Waals surface area contributed by atoms with Crippen LogP contribution in [0.3, 0.4) is 0 Å². The third-order valence-electron chi connectivity index (χ3n) is 3.44. The van der Waals surface area contributed by atoms with E-state index < -0.39 is 11.8 Å². The fourth-order valence-corrected chi connectivity index (χ4v) is 2.40. The van der Waals surface area contributed by atoms with E-state index in [0.29, 0.717) is 22.5 Å². The highest BCUT2D eigenvalue weighted by Crippen LogP contribution is 2.30. The largest absolute Gasteiger partial charge is 0.462 e. The van der Waals surface area contributed by atoms with Crippen molar-refractivity contribution < 1.29 is 13.9 Å². The summed E-state index contributed by atoms with van der Waals surface area (Å²) in [4.78, 5) is 19.1. The molecule has 1 N–H and O–H groups in total. The van der Waals surface area contributed by atoms with Gasteiger partial charge in [0.05, 0.1) is 24.1 Å². The van der Waals surface area contributed by atoms with E-state index >= 15 is 0 Å². The van der Waals surface area contributed by atoms with E-state index in [9.17, 15) is 9.18 Å². The molecular formula is C18H15FN2O2. The number of carbonyl (C=O) groups excluding carboxylic acids is 1. The van der Waals surface area contributed by atoms with Crippen LogP contribution in [0.4, 0.5) is 4.39 Å². The van der Waals surface area contributed by atoms with Crippen LogP contribution >= 0.6 is 0 Å². The molecule has 3 rings (SSSR count). The van der Waals surface area contributed by atoms with Crippen molar-refractivity contribution in [1.82, 2.24) is 9.97 Å². The standard InChI is InChI=1S/C18H15FN2O2/c1-2-23-18(22)14-10-16(13-8-9-20-11-15(13)19)21-17(14)12-6-4-3-5-7-12/h3-11,21H,2H2,1H3. The summed E-state index contributed by atoms with van der Waals surface area (Å²) in [5.74, 6) is -0.896. The quantitative estimate of drug-likeness (QED) is 0.739. The summed E-state index contributed by atoms with van der Waals surface area (Å²) < 4.78 is 19.1. The number of carbonyl (C=O) groups is 1. The van der Waals surface area contributed by atoms with Crippen molar-refractivity contribution in [2.75, 3.05) is 6.61 Å². The van der Waals surface area contributed by atoms with E-state index in [2.05, 4.69) is 9.97 Å². The van der Waals surface area contributed by atoms with Crippen LogP contribution in [-0.4, -0.2) is 22.5 Å². The molecule has 0 amide bonds. The van der Waals surface area contributed by atoms with Crippen molar-refractivity contribution in [3.63, 3.8) is 0 Å². The Morgan fingerprint density at radius 1 is 1.26 bits per heavy atom. The average Bonchev–Trinajstić information content (AvgIpc) is 3.01. The second kappa shape index (κ2) is 6.44. The van der Waals surface area contributed by atoms with Crippen molar-refractivity contribution >= 4 is 5.97 Å². The first-order valence-corrected chi connectivity index (χ1v) is 7.26. The Bertz CT molecular complexity index is 828. The molecule has 0 fully saturated rings. The molecule has 0 aliphatic carbocycles. The summed E-state index contributed by atoms with van der Waals surface area (Å²) in [6.45, 7) is 2.02. The topological polar surface area (TPSA) is 55.0 Å². The van der Waals surface area contributed by atoms with Crippen molar-refractivity contribution in [3.05, 3.63) is 66.2 Å². The highest BCUT2D eigenvalue weighted by atomic mass is 19.1. The molecule has 0 saturated heterocycles. The second-order valence-electron chi connectivity index (χ2n) is 4.91. The number of aromatic amines is 1. The molecule has 0 aliphatic rings. The third-order valence-corrected chi connectivity index (χ3v) is 3.44. The van der Waals surface area contributed by atoms with E-state index in [1.165, 1.54) is 6.20 Å². The molecule has 0 saturated carbocycles. The van der Waals surface area contributed by atoms with E-state index in [-0.39, 0.29) is 6.61 Å². The Kier molecular flexibility index (Phi) is 4.19. The molecule has 2 aromatic heterocycles. The number of ether oxygens (including phenoxy) is 1.